The third kappa shape index (κ3) is 3.21. The van der Waals surface area contributed by atoms with Crippen LogP contribution < -0.4 is 0 Å². The zero-order chi connectivity index (χ0) is 12.2. The molecule has 16 heavy (non-hydrogen) atoms. The van der Waals surface area contributed by atoms with E-state index < -0.39 is 17.7 Å². The van der Waals surface area contributed by atoms with E-state index in [1.807, 2.05) is 0 Å². The van der Waals surface area contributed by atoms with Crippen LogP contribution in [0.4, 0.5) is 13.2 Å². The number of alkyl halides is 3. The lowest BCUT2D eigenvalue weighted by Gasteiger charge is -2.15. The Labute approximate surface area is 91.7 Å². The number of methoxy groups -OCH3 is 1. The summed E-state index contributed by atoms with van der Waals surface area (Å²) in [6.45, 7) is -0.0486. The average Bonchev–Trinajstić information content (AvgIpc) is 2.25. The number of ether oxygens (including phenoxy) is 1. The van der Waals surface area contributed by atoms with Crippen LogP contribution in [0.15, 0.2) is 24.3 Å². The Morgan fingerprint density at radius 3 is 2.56 bits per heavy atom. The monoisotopic (exact) mass is 234 g/mol. The van der Waals surface area contributed by atoms with E-state index in [1.165, 1.54) is 13.2 Å². The SMILES string of the molecule is COCC(CO)c1cccc(C(F)(F)F)c1. The Bertz CT molecular complexity index is 336. The Morgan fingerprint density at radius 2 is 2.06 bits per heavy atom. The Morgan fingerprint density at radius 1 is 1.38 bits per heavy atom. The van der Waals surface area contributed by atoms with Gasteiger partial charge in [-0.1, -0.05) is 18.2 Å². The maximum absolute atomic E-state index is 12.4. The van der Waals surface area contributed by atoms with Crippen molar-refractivity contribution in [2.45, 2.75) is 12.1 Å². The van der Waals surface area contributed by atoms with E-state index in [9.17, 15) is 13.2 Å². The van der Waals surface area contributed by atoms with Gasteiger partial charge < -0.3 is 9.84 Å². The molecule has 0 radical (unpaired) electrons. The number of hydrogen-bond acceptors (Lipinski definition) is 2. The highest BCUT2D eigenvalue weighted by Gasteiger charge is 2.30. The zero-order valence-electron chi connectivity index (χ0n) is 8.79. The van der Waals surface area contributed by atoms with Crippen LogP contribution in [0.1, 0.15) is 17.0 Å². The minimum atomic E-state index is -4.36. The number of hydrogen-bond donors (Lipinski definition) is 1. The molecule has 0 saturated carbocycles. The third-order valence-electron chi connectivity index (χ3n) is 2.27. The highest BCUT2D eigenvalue weighted by Crippen LogP contribution is 2.31. The molecule has 1 atom stereocenters. The van der Waals surface area contributed by atoms with Crippen molar-refractivity contribution in [1.82, 2.24) is 0 Å². The fourth-order valence-corrected chi connectivity index (χ4v) is 1.42. The van der Waals surface area contributed by atoms with Crippen molar-refractivity contribution in [3.8, 4) is 0 Å². The molecule has 0 saturated heterocycles. The summed E-state index contributed by atoms with van der Waals surface area (Å²) in [4.78, 5) is 0. The van der Waals surface area contributed by atoms with Gasteiger partial charge in [0.2, 0.25) is 0 Å². The first-order valence-corrected chi connectivity index (χ1v) is 4.76. The molecular weight excluding hydrogens is 221 g/mol. The van der Waals surface area contributed by atoms with Gasteiger partial charge in [0.1, 0.15) is 0 Å². The number of aliphatic hydroxyl groups excluding tert-OH is 1. The van der Waals surface area contributed by atoms with E-state index in [2.05, 4.69) is 0 Å². The number of rotatable bonds is 4. The summed E-state index contributed by atoms with van der Waals surface area (Å²) in [7, 11) is 1.44. The second-order valence-corrected chi connectivity index (χ2v) is 3.46. The first-order chi connectivity index (χ1) is 7.49. The van der Waals surface area contributed by atoms with Gasteiger partial charge in [-0.25, -0.2) is 0 Å². The molecule has 1 N–H and O–H groups in total. The summed E-state index contributed by atoms with van der Waals surface area (Å²) in [6.07, 6.45) is -4.36. The van der Waals surface area contributed by atoms with Crippen molar-refractivity contribution in [3.63, 3.8) is 0 Å². The van der Waals surface area contributed by atoms with E-state index in [-0.39, 0.29) is 13.2 Å². The van der Waals surface area contributed by atoms with E-state index >= 15 is 0 Å². The molecule has 0 amide bonds. The summed E-state index contributed by atoms with van der Waals surface area (Å²) in [5, 5.41) is 9.04. The second-order valence-electron chi connectivity index (χ2n) is 3.46. The number of aliphatic hydroxyl groups is 1. The van der Waals surface area contributed by atoms with Gasteiger partial charge >= 0.3 is 6.18 Å². The first kappa shape index (κ1) is 13.0. The lowest BCUT2D eigenvalue weighted by atomic mass is 9.98. The van der Waals surface area contributed by atoms with Gasteiger partial charge in [-0.2, -0.15) is 13.2 Å². The average molecular weight is 234 g/mol. The molecule has 0 aliphatic rings. The van der Waals surface area contributed by atoms with Crippen molar-refractivity contribution in [2.75, 3.05) is 20.3 Å². The van der Waals surface area contributed by atoms with Crippen molar-refractivity contribution in [3.05, 3.63) is 35.4 Å². The molecule has 0 aliphatic carbocycles. The van der Waals surface area contributed by atoms with Crippen LogP contribution in [-0.4, -0.2) is 25.4 Å². The highest BCUT2D eigenvalue weighted by molar-refractivity contribution is 5.28. The molecular formula is C11H13F3O2. The topological polar surface area (TPSA) is 29.5 Å². The predicted octanol–water partition coefficient (Wildman–Crippen LogP) is 2.43. The Hall–Kier alpha value is -1.07. The molecule has 0 aliphatic heterocycles. The quantitative estimate of drug-likeness (QED) is 0.867. The van der Waals surface area contributed by atoms with Crippen molar-refractivity contribution >= 4 is 0 Å². The minimum Gasteiger partial charge on any atom is -0.396 e. The molecule has 90 valence electrons. The van der Waals surface area contributed by atoms with Crippen LogP contribution in [0.5, 0.6) is 0 Å². The molecule has 0 aromatic heterocycles. The summed E-state index contributed by atoms with van der Waals surface area (Å²) in [5.74, 6) is -0.424. The molecule has 0 spiro atoms. The maximum atomic E-state index is 12.4. The number of benzene rings is 1. The van der Waals surface area contributed by atoms with Gasteiger partial charge in [-0.05, 0) is 11.6 Å². The van der Waals surface area contributed by atoms with Crippen LogP contribution in [0.25, 0.3) is 0 Å². The standard InChI is InChI=1S/C11H13F3O2/c1-16-7-9(6-15)8-3-2-4-10(5-8)11(12,13)14/h2-5,9,15H,6-7H2,1H3. The Kier molecular flexibility index (Phi) is 4.32. The van der Waals surface area contributed by atoms with Crippen LogP contribution in [0.3, 0.4) is 0 Å². The highest BCUT2D eigenvalue weighted by atomic mass is 19.4. The van der Waals surface area contributed by atoms with Crippen LogP contribution >= 0.6 is 0 Å². The molecule has 1 aromatic carbocycles. The molecule has 1 rings (SSSR count). The zero-order valence-corrected chi connectivity index (χ0v) is 8.79. The van der Waals surface area contributed by atoms with Crippen molar-refractivity contribution in [2.24, 2.45) is 0 Å². The van der Waals surface area contributed by atoms with Gasteiger partial charge in [0.25, 0.3) is 0 Å². The van der Waals surface area contributed by atoms with E-state index in [0.29, 0.717) is 5.56 Å². The van der Waals surface area contributed by atoms with Crippen LogP contribution in [0, 0.1) is 0 Å². The molecule has 1 unspecified atom stereocenters. The van der Waals surface area contributed by atoms with Crippen molar-refractivity contribution < 1.29 is 23.0 Å². The first-order valence-electron chi connectivity index (χ1n) is 4.76. The number of halogens is 3. The van der Waals surface area contributed by atoms with Gasteiger partial charge in [0, 0.05) is 13.0 Å². The maximum Gasteiger partial charge on any atom is 0.416 e. The van der Waals surface area contributed by atoms with Gasteiger partial charge in [0.15, 0.2) is 0 Å². The summed E-state index contributed by atoms with van der Waals surface area (Å²) in [5.41, 5.74) is -0.279. The third-order valence-corrected chi connectivity index (χ3v) is 2.27. The molecule has 5 heteroatoms. The normalized spacial score (nSPS) is 13.8. The summed E-state index contributed by atoms with van der Waals surface area (Å²) >= 11 is 0. The van der Waals surface area contributed by atoms with Crippen LogP contribution in [-0.2, 0) is 10.9 Å². The summed E-state index contributed by atoms with van der Waals surface area (Å²) in [6, 6.07) is 4.93. The van der Waals surface area contributed by atoms with E-state index in [1.54, 1.807) is 6.07 Å². The molecule has 1 aromatic rings. The molecule has 0 bridgehead atoms. The molecule has 0 fully saturated rings. The smallest absolute Gasteiger partial charge is 0.396 e. The molecule has 0 heterocycles. The van der Waals surface area contributed by atoms with Gasteiger partial charge in [-0.15, -0.1) is 0 Å². The Balaban J connectivity index is 2.97. The lowest BCUT2D eigenvalue weighted by molar-refractivity contribution is -0.137. The lowest BCUT2D eigenvalue weighted by Crippen LogP contribution is -2.12. The largest absolute Gasteiger partial charge is 0.416 e. The van der Waals surface area contributed by atoms with E-state index in [0.717, 1.165) is 12.1 Å². The van der Waals surface area contributed by atoms with Gasteiger partial charge in [-0.3, -0.25) is 0 Å². The predicted molar refractivity (Wildman–Crippen MR) is 53.1 cm³/mol. The second kappa shape index (κ2) is 5.32. The van der Waals surface area contributed by atoms with Crippen molar-refractivity contribution in [1.29, 1.82) is 0 Å². The van der Waals surface area contributed by atoms with E-state index in [4.69, 9.17) is 9.84 Å². The summed E-state index contributed by atoms with van der Waals surface area (Å²) < 4.78 is 42.1. The molecule has 2 nitrogen and oxygen atoms in total. The minimum absolute atomic E-state index is 0.192. The van der Waals surface area contributed by atoms with Crippen LogP contribution in [0.2, 0.25) is 0 Å². The fourth-order valence-electron chi connectivity index (χ4n) is 1.42. The fraction of sp³-hybridized carbons (Fsp3) is 0.455. The van der Waals surface area contributed by atoms with Gasteiger partial charge in [0.05, 0.1) is 18.8 Å².